The third-order valence-electron chi connectivity index (χ3n) is 10.8. The normalized spacial score (nSPS) is 13.1. The predicted octanol–water partition coefficient (Wildman–Crippen LogP) is 18.0. The van der Waals surface area contributed by atoms with Crippen LogP contribution in [0.1, 0.15) is 226 Å². The average Bonchev–Trinajstić information content (AvgIpc) is 3.30. The molecule has 0 amide bonds. The number of allylic oxidation sites excluding steroid dienone is 18. The van der Waals surface area contributed by atoms with E-state index in [4.69, 9.17) is 14.2 Å². The van der Waals surface area contributed by atoms with Gasteiger partial charge in [0, 0.05) is 19.4 Å². The lowest BCUT2D eigenvalue weighted by atomic mass is 10.1. The van der Waals surface area contributed by atoms with Gasteiger partial charge < -0.3 is 14.2 Å². The molecule has 1 atom stereocenters. The molecule has 364 valence electrons. The Morgan fingerprint density at radius 3 is 1.14 bits per heavy atom. The van der Waals surface area contributed by atoms with Gasteiger partial charge in [0.15, 0.2) is 6.10 Å². The molecule has 0 saturated heterocycles. The summed E-state index contributed by atoms with van der Waals surface area (Å²) in [5, 5.41) is 0. The fourth-order valence-corrected chi connectivity index (χ4v) is 6.90. The summed E-state index contributed by atoms with van der Waals surface area (Å²) in [6.45, 7) is 7.50. The minimum atomic E-state index is -0.568. The Bertz CT molecular complexity index is 1280. The molecular formula is C59H98O5. The maximum Gasteiger partial charge on any atom is 0.306 e. The molecule has 0 aliphatic carbocycles. The Labute approximate surface area is 395 Å². The van der Waals surface area contributed by atoms with Gasteiger partial charge in [-0.25, -0.2) is 0 Å². The minimum absolute atomic E-state index is 0.0565. The smallest absolute Gasteiger partial charge is 0.306 e. The first-order chi connectivity index (χ1) is 31.6. The van der Waals surface area contributed by atoms with E-state index in [-0.39, 0.29) is 25.2 Å². The van der Waals surface area contributed by atoms with Gasteiger partial charge in [-0.2, -0.15) is 0 Å². The maximum atomic E-state index is 12.8. The van der Waals surface area contributed by atoms with Crippen LogP contribution in [0.2, 0.25) is 0 Å². The third-order valence-corrected chi connectivity index (χ3v) is 10.8. The van der Waals surface area contributed by atoms with Gasteiger partial charge in [-0.3, -0.25) is 9.59 Å². The predicted molar refractivity (Wildman–Crippen MR) is 279 cm³/mol. The van der Waals surface area contributed by atoms with E-state index < -0.39 is 6.10 Å². The van der Waals surface area contributed by atoms with Crippen LogP contribution in [0.25, 0.3) is 0 Å². The highest BCUT2D eigenvalue weighted by Gasteiger charge is 2.17. The molecule has 0 fully saturated rings. The van der Waals surface area contributed by atoms with E-state index in [0.717, 1.165) is 128 Å². The zero-order valence-corrected chi connectivity index (χ0v) is 41.8. The molecule has 5 heteroatoms. The lowest BCUT2D eigenvalue weighted by Crippen LogP contribution is -2.30. The fraction of sp³-hybridized carbons (Fsp3) is 0.661. The van der Waals surface area contributed by atoms with Crippen molar-refractivity contribution in [2.24, 2.45) is 0 Å². The van der Waals surface area contributed by atoms with Crippen LogP contribution in [0, 0.1) is 0 Å². The van der Waals surface area contributed by atoms with Crippen LogP contribution in [0.3, 0.4) is 0 Å². The Morgan fingerprint density at radius 1 is 0.359 bits per heavy atom. The van der Waals surface area contributed by atoms with E-state index in [2.05, 4.69) is 130 Å². The molecule has 0 aromatic heterocycles. The molecule has 0 aromatic rings. The highest BCUT2D eigenvalue weighted by Crippen LogP contribution is 2.13. The summed E-state index contributed by atoms with van der Waals surface area (Å²) < 4.78 is 17.4. The standard InChI is InChI=1S/C59H98O5/c1-4-7-10-13-16-19-22-25-27-28-29-30-31-33-36-39-42-45-48-51-54-62-55-57(64-59(61)53-50-47-44-41-38-34-24-21-18-15-12-9-6-3)56-63-58(60)52-49-46-43-40-37-35-32-26-23-20-17-14-11-8-5-2/h7-8,10-11,16-17,19-21,24-27,29-30,32-33,36,57H,4-6,9,12-15,18,22-23,28,31,34-35,37-56H2,1-3H3/b10-7-,11-8-,19-16-,20-17-,24-21-,27-25-,30-29-,32-26-,36-33-. The van der Waals surface area contributed by atoms with Crippen molar-refractivity contribution >= 4 is 11.9 Å². The molecule has 0 bridgehead atoms. The highest BCUT2D eigenvalue weighted by atomic mass is 16.6. The molecule has 0 aliphatic rings. The molecule has 64 heavy (non-hydrogen) atoms. The second-order valence-electron chi connectivity index (χ2n) is 17.0. The van der Waals surface area contributed by atoms with Gasteiger partial charge >= 0.3 is 11.9 Å². The molecule has 0 spiro atoms. The van der Waals surface area contributed by atoms with Crippen LogP contribution in [0.15, 0.2) is 109 Å². The number of hydrogen-bond acceptors (Lipinski definition) is 5. The fourth-order valence-electron chi connectivity index (χ4n) is 6.90. The summed E-state index contributed by atoms with van der Waals surface area (Å²) in [7, 11) is 0. The molecule has 0 saturated carbocycles. The Balaban J connectivity index is 4.37. The molecule has 1 unspecified atom stereocenters. The number of hydrogen-bond donors (Lipinski definition) is 0. The zero-order valence-electron chi connectivity index (χ0n) is 41.8. The Hall–Kier alpha value is -3.44. The largest absolute Gasteiger partial charge is 0.462 e. The van der Waals surface area contributed by atoms with E-state index in [1.54, 1.807) is 0 Å². The number of carbonyl (C=O) groups excluding carboxylic acids is 2. The Kier molecular flexibility index (Phi) is 51.0. The number of unbranched alkanes of at least 4 members (excludes halogenated alkanes) is 18. The molecule has 0 rings (SSSR count). The minimum Gasteiger partial charge on any atom is -0.462 e. The van der Waals surface area contributed by atoms with Crippen LogP contribution in [0.5, 0.6) is 0 Å². The van der Waals surface area contributed by atoms with E-state index >= 15 is 0 Å². The van der Waals surface area contributed by atoms with Crippen molar-refractivity contribution in [1.82, 2.24) is 0 Å². The van der Waals surface area contributed by atoms with Crippen LogP contribution < -0.4 is 0 Å². The molecule has 0 aromatic carbocycles. The lowest BCUT2D eigenvalue weighted by Gasteiger charge is -2.18. The van der Waals surface area contributed by atoms with Gasteiger partial charge in [-0.1, -0.05) is 201 Å². The van der Waals surface area contributed by atoms with Crippen molar-refractivity contribution in [2.45, 2.75) is 232 Å². The monoisotopic (exact) mass is 887 g/mol. The van der Waals surface area contributed by atoms with Crippen molar-refractivity contribution in [2.75, 3.05) is 19.8 Å². The summed E-state index contributed by atoms with van der Waals surface area (Å²) >= 11 is 0. The first-order valence-corrected chi connectivity index (χ1v) is 26.4. The first-order valence-electron chi connectivity index (χ1n) is 26.4. The third kappa shape index (κ3) is 51.2. The van der Waals surface area contributed by atoms with Crippen LogP contribution in [-0.4, -0.2) is 37.9 Å². The van der Waals surface area contributed by atoms with Crippen molar-refractivity contribution in [3.8, 4) is 0 Å². The van der Waals surface area contributed by atoms with Crippen LogP contribution >= 0.6 is 0 Å². The second kappa shape index (κ2) is 53.9. The molecule has 0 heterocycles. The summed E-state index contributed by atoms with van der Waals surface area (Å²) in [4.78, 5) is 25.4. The number of ether oxygens (including phenoxy) is 3. The van der Waals surface area contributed by atoms with Gasteiger partial charge in [0.1, 0.15) is 6.61 Å². The van der Waals surface area contributed by atoms with E-state index in [0.29, 0.717) is 19.4 Å². The van der Waals surface area contributed by atoms with Crippen LogP contribution in [-0.2, 0) is 23.8 Å². The van der Waals surface area contributed by atoms with Gasteiger partial charge in [0.2, 0.25) is 0 Å². The molecule has 0 aliphatic heterocycles. The second-order valence-corrected chi connectivity index (χ2v) is 17.0. The summed E-state index contributed by atoms with van der Waals surface area (Å²) in [5.74, 6) is -0.446. The number of carbonyl (C=O) groups is 2. The summed E-state index contributed by atoms with van der Waals surface area (Å²) in [6, 6.07) is 0. The van der Waals surface area contributed by atoms with Crippen LogP contribution in [0.4, 0.5) is 0 Å². The van der Waals surface area contributed by atoms with E-state index in [1.807, 2.05) is 0 Å². The van der Waals surface area contributed by atoms with Gasteiger partial charge in [-0.15, -0.1) is 0 Å². The van der Waals surface area contributed by atoms with Gasteiger partial charge in [-0.05, 0) is 122 Å². The molecule has 0 N–H and O–H groups in total. The van der Waals surface area contributed by atoms with Crippen molar-refractivity contribution < 1.29 is 23.8 Å². The summed E-state index contributed by atoms with van der Waals surface area (Å²) in [6.07, 6.45) is 73.8. The topological polar surface area (TPSA) is 61.8 Å². The first kappa shape index (κ1) is 60.6. The van der Waals surface area contributed by atoms with Gasteiger partial charge in [0.05, 0.1) is 6.61 Å². The average molecular weight is 887 g/mol. The van der Waals surface area contributed by atoms with E-state index in [9.17, 15) is 9.59 Å². The lowest BCUT2D eigenvalue weighted by molar-refractivity contribution is -0.163. The zero-order chi connectivity index (χ0) is 46.3. The quantitative estimate of drug-likeness (QED) is 0.0346. The van der Waals surface area contributed by atoms with Crippen molar-refractivity contribution in [1.29, 1.82) is 0 Å². The number of esters is 2. The van der Waals surface area contributed by atoms with E-state index in [1.165, 1.54) is 64.2 Å². The highest BCUT2D eigenvalue weighted by molar-refractivity contribution is 5.70. The molecular weight excluding hydrogens is 789 g/mol. The molecule has 0 radical (unpaired) electrons. The SMILES string of the molecule is CC/C=C\C/C=C\C/C=C\C/C=C\C/C=C\CCCCCCOCC(COC(=O)CCCCCCC/C=C\C/C=C\C/C=C\CC)OC(=O)CCCCCCC/C=C\CCCCCC. The maximum absolute atomic E-state index is 12.8. The summed E-state index contributed by atoms with van der Waals surface area (Å²) in [5.41, 5.74) is 0. The number of rotatable bonds is 47. The van der Waals surface area contributed by atoms with Crippen molar-refractivity contribution in [3.05, 3.63) is 109 Å². The Morgan fingerprint density at radius 2 is 0.703 bits per heavy atom. The molecule has 5 nitrogen and oxygen atoms in total. The van der Waals surface area contributed by atoms with Gasteiger partial charge in [0.25, 0.3) is 0 Å². The van der Waals surface area contributed by atoms with Crippen molar-refractivity contribution in [3.63, 3.8) is 0 Å².